The van der Waals surface area contributed by atoms with Gasteiger partial charge in [0, 0.05) is 64.4 Å². The van der Waals surface area contributed by atoms with Crippen molar-refractivity contribution in [3.63, 3.8) is 0 Å². The smallest absolute Gasteiger partial charge is 0.225 e. The molecule has 2 aromatic rings. The molecule has 1 saturated heterocycles. The molecule has 9 heteroatoms. The second-order valence-electron chi connectivity index (χ2n) is 7.18. The lowest BCUT2D eigenvalue weighted by Gasteiger charge is -2.36. The molecular weight excluding hydrogens is 481 g/mol. The Morgan fingerprint density at radius 2 is 1.90 bits per heavy atom. The summed E-state index contributed by atoms with van der Waals surface area (Å²) in [6.45, 7) is 4.98. The van der Waals surface area contributed by atoms with Crippen LogP contribution in [0.15, 0.2) is 41.8 Å². The molecule has 2 aromatic heterocycles. The number of ether oxygens (including phenoxy) is 1. The quantitative estimate of drug-likeness (QED) is 0.364. The molecule has 0 spiro atoms. The standard InChI is InChI=1S/C20H27N7O.HI/c1-21-19(26-9-11-27(12-10-26)20-22-7-2-8-23-20)25-14-17-5-6-18(24-13-17)28-15-16-3-4-16;/h2,5-8,13,16H,3-4,9-12,14-15H2,1H3,(H,21,25);1H. The summed E-state index contributed by atoms with van der Waals surface area (Å²) in [4.78, 5) is 22.0. The minimum absolute atomic E-state index is 0. The van der Waals surface area contributed by atoms with Gasteiger partial charge in [-0.1, -0.05) is 6.07 Å². The van der Waals surface area contributed by atoms with Gasteiger partial charge in [-0.05, 0) is 30.4 Å². The Hall–Kier alpha value is -2.17. The highest BCUT2D eigenvalue weighted by atomic mass is 127. The lowest BCUT2D eigenvalue weighted by molar-refractivity contribution is 0.288. The van der Waals surface area contributed by atoms with Gasteiger partial charge in [-0.3, -0.25) is 4.99 Å². The first-order chi connectivity index (χ1) is 13.8. The normalized spacial score (nSPS) is 16.9. The van der Waals surface area contributed by atoms with Crippen LogP contribution in [-0.4, -0.2) is 65.6 Å². The predicted octanol–water partition coefficient (Wildman–Crippen LogP) is 2.18. The van der Waals surface area contributed by atoms with Crippen LogP contribution in [0.25, 0.3) is 0 Å². The monoisotopic (exact) mass is 509 g/mol. The maximum absolute atomic E-state index is 5.70. The van der Waals surface area contributed by atoms with E-state index in [2.05, 4.69) is 41.1 Å². The lowest BCUT2D eigenvalue weighted by atomic mass is 10.3. The highest BCUT2D eigenvalue weighted by Crippen LogP contribution is 2.29. The molecule has 29 heavy (non-hydrogen) atoms. The van der Waals surface area contributed by atoms with Crippen molar-refractivity contribution in [3.05, 3.63) is 42.4 Å². The fraction of sp³-hybridized carbons (Fsp3) is 0.500. The number of aliphatic imine (C=N–C) groups is 1. The van der Waals surface area contributed by atoms with E-state index in [0.29, 0.717) is 12.4 Å². The number of piperazine rings is 1. The molecule has 0 atom stereocenters. The van der Waals surface area contributed by atoms with Gasteiger partial charge in [-0.15, -0.1) is 24.0 Å². The summed E-state index contributed by atoms with van der Waals surface area (Å²) in [6.07, 6.45) is 8.01. The van der Waals surface area contributed by atoms with Crippen LogP contribution in [0.5, 0.6) is 5.88 Å². The number of pyridine rings is 1. The first kappa shape index (κ1) is 21.5. The van der Waals surface area contributed by atoms with E-state index < -0.39 is 0 Å². The number of hydrogen-bond acceptors (Lipinski definition) is 6. The van der Waals surface area contributed by atoms with Crippen molar-refractivity contribution in [2.24, 2.45) is 10.9 Å². The fourth-order valence-electron chi connectivity index (χ4n) is 3.17. The Kier molecular flexibility index (Phi) is 7.84. The first-order valence-electron chi connectivity index (χ1n) is 9.87. The van der Waals surface area contributed by atoms with Gasteiger partial charge in [0.15, 0.2) is 5.96 Å². The van der Waals surface area contributed by atoms with Gasteiger partial charge in [0.05, 0.1) is 6.61 Å². The van der Waals surface area contributed by atoms with Crippen molar-refractivity contribution in [1.29, 1.82) is 0 Å². The summed E-state index contributed by atoms with van der Waals surface area (Å²) in [5, 5.41) is 3.44. The third-order valence-corrected chi connectivity index (χ3v) is 5.04. The van der Waals surface area contributed by atoms with Crippen molar-refractivity contribution in [2.75, 3.05) is 44.7 Å². The molecule has 1 N–H and O–H groups in total. The third kappa shape index (κ3) is 6.15. The van der Waals surface area contributed by atoms with Crippen LogP contribution in [0.3, 0.4) is 0 Å². The Morgan fingerprint density at radius 3 is 2.52 bits per heavy atom. The number of nitrogens with one attached hydrogen (secondary N) is 1. The molecular formula is C20H28IN7O. The molecule has 1 saturated carbocycles. The topological polar surface area (TPSA) is 78.8 Å². The van der Waals surface area contributed by atoms with Crippen LogP contribution in [0.2, 0.25) is 0 Å². The van der Waals surface area contributed by atoms with E-state index in [4.69, 9.17) is 4.74 Å². The van der Waals surface area contributed by atoms with E-state index in [-0.39, 0.29) is 24.0 Å². The van der Waals surface area contributed by atoms with Crippen LogP contribution < -0.4 is 15.0 Å². The molecule has 0 amide bonds. The summed E-state index contributed by atoms with van der Waals surface area (Å²) in [5.41, 5.74) is 1.11. The molecule has 3 heterocycles. The molecule has 0 bridgehead atoms. The molecule has 2 aliphatic rings. The molecule has 1 aliphatic carbocycles. The molecule has 8 nitrogen and oxygen atoms in total. The summed E-state index contributed by atoms with van der Waals surface area (Å²) >= 11 is 0. The zero-order chi connectivity index (χ0) is 19.2. The Balaban J connectivity index is 0.00000240. The number of rotatable bonds is 6. The number of guanidine groups is 1. The summed E-state index contributed by atoms with van der Waals surface area (Å²) < 4.78 is 5.70. The number of anilines is 1. The van der Waals surface area contributed by atoms with Gasteiger partial charge in [0.2, 0.25) is 11.8 Å². The van der Waals surface area contributed by atoms with E-state index in [1.54, 1.807) is 12.4 Å². The minimum Gasteiger partial charge on any atom is -0.477 e. The van der Waals surface area contributed by atoms with Gasteiger partial charge >= 0.3 is 0 Å². The van der Waals surface area contributed by atoms with E-state index in [0.717, 1.165) is 56.2 Å². The maximum atomic E-state index is 5.70. The summed E-state index contributed by atoms with van der Waals surface area (Å²) in [7, 11) is 1.82. The van der Waals surface area contributed by atoms with E-state index in [1.807, 2.05) is 25.4 Å². The second-order valence-corrected chi connectivity index (χ2v) is 7.18. The van der Waals surface area contributed by atoms with E-state index in [9.17, 15) is 0 Å². The van der Waals surface area contributed by atoms with Crippen LogP contribution in [0.4, 0.5) is 5.95 Å². The zero-order valence-corrected chi connectivity index (χ0v) is 19.0. The van der Waals surface area contributed by atoms with Crippen molar-refractivity contribution >= 4 is 35.9 Å². The van der Waals surface area contributed by atoms with Gasteiger partial charge < -0.3 is 19.9 Å². The van der Waals surface area contributed by atoms with Crippen LogP contribution in [0, 0.1) is 5.92 Å². The average molecular weight is 509 g/mol. The summed E-state index contributed by atoms with van der Waals surface area (Å²) in [5.74, 6) is 3.14. The largest absolute Gasteiger partial charge is 0.477 e. The maximum Gasteiger partial charge on any atom is 0.225 e. The van der Waals surface area contributed by atoms with Crippen molar-refractivity contribution in [1.82, 2.24) is 25.2 Å². The molecule has 0 unspecified atom stereocenters. The number of nitrogens with zero attached hydrogens (tertiary/aromatic N) is 6. The van der Waals surface area contributed by atoms with E-state index >= 15 is 0 Å². The minimum atomic E-state index is 0. The number of hydrogen-bond donors (Lipinski definition) is 1. The molecule has 1 aliphatic heterocycles. The Labute approximate surface area is 188 Å². The van der Waals surface area contributed by atoms with Crippen LogP contribution >= 0.6 is 24.0 Å². The second kappa shape index (κ2) is 10.6. The fourth-order valence-corrected chi connectivity index (χ4v) is 3.17. The highest BCUT2D eigenvalue weighted by Gasteiger charge is 2.22. The average Bonchev–Trinajstić information content (AvgIpc) is 3.59. The van der Waals surface area contributed by atoms with Crippen LogP contribution in [-0.2, 0) is 6.54 Å². The third-order valence-electron chi connectivity index (χ3n) is 5.04. The predicted molar refractivity (Wildman–Crippen MR) is 124 cm³/mol. The molecule has 0 aromatic carbocycles. The Bertz CT molecular complexity index is 775. The lowest BCUT2D eigenvalue weighted by Crippen LogP contribution is -2.52. The summed E-state index contributed by atoms with van der Waals surface area (Å²) in [6, 6.07) is 5.84. The zero-order valence-electron chi connectivity index (χ0n) is 16.7. The van der Waals surface area contributed by atoms with Crippen molar-refractivity contribution in [2.45, 2.75) is 19.4 Å². The number of aromatic nitrogens is 3. The van der Waals surface area contributed by atoms with Crippen molar-refractivity contribution in [3.8, 4) is 5.88 Å². The Morgan fingerprint density at radius 1 is 1.14 bits per heavy atom. The molecule has 4 rings (SSSR count). The van der Waals surface area contributed by atoms with Crippen molar-refractivity contribution < 1.29 is 4.74 Å². The molecule has 156 valence electrons. The molecule has 2 fully saturated rings. The highest BCUT2D eigenvalue weighted by molar-refractivity contribution is 14.0. The van der Waals surface area contributed by atoms with Gasteiger partial charge in [-0.2, -0.15) is 0 Å². The first-order valence-corrected chi connectivity index (χ1v) is 9.87. The SMILES string of the molecule is CN=C(NCc1ccc(OCC2CC2)nc1)N1CCN(c2ncccn2)CC1.I. The van der Waals surface area contributed by atoms with Gasteiger partial charge in [0.1, 0.15) is 0 Å². The molecule has 0 radical (unpaired) electrons. The van der Waals surface area contributed by atoms with Gasteiger partial charge in [-0.25, -0.2) is 15.0 Å². The number of halogens is 1. The van der Waals surface area contributed by atoms with Gasteiger partial charge in [0.25, 0.3) is 0 Å². The van der Waals surface area contributed by atoms with E-state index in [1.165, 1.54) is 12.8 Å². The van der Waals surface area contributed by atoms with Crippen LogP contribution in [0.1, 0.15) is 18.4 Å².